The maximum absolute atomic E-state index is 13.5. The van der Waals surface area contributed by atoms with Crippen LogP contribution in [-0.4, -0.2) is 21.2 Å². The standard InChI is InChI=1S/C21H19F6N3O3S/c1-10(2)9-30-17-14(16(31)29(3)19(30)33)15(28-18(32)21(25,26)27)13(34-17)8-11-6-4-5-7-12(11)20(22,23)24/h4-7,10H,8-9H2,1-3H3,(H,28,32). The second-order valence-electron chi connectivity index (χ2n) is 8.02. The van der Waals surface area contributed by atoms with Crippen molar-refractivity contribution in [1.29, 1.82) is 0 Å². The Morgan fingerprint density at radius 1 is 1.09 bits per heavy atom. The molecule has 0 fully saturated rings. The van der Waals surface area contributed by atoms with Crippen LogP contribution < -0.4 is 16.6 Å². The number of benzene rings is 1. The number of carbonyl (C=O) groups excluding carboxylic acids is 1. The van der Waals surface area contributed by atoms with Crippen molar-refractivity contribution in [2.45, 2.75) is 39.2 Å². The van der Waals surface area contributed by atoms with Crippen molar-refractivity contribution in [3.8, 4) is 0 Å². The van der Waals surface area contributed by atoms with Crippen LogP contribution in [0.25, 0.3) is 10.2 Å². The summed E-state index contributed by atoms with van der Waals surface area (Å²) < 4.78 is 81.4. The highest BCUT2D eigenvalue weighted by molar-refractivity contribution is 7.19. The number of fused-ring (bicyclic) bond motifs is 1. The Balaban J connectivity index is 2.35. The highest BCUT2D eigenvalue weighted by Crippen LogP contribution is 2.39. The topological polar surface area (TPSA) is 73.1 Å². The predicted molar refractivity (Wildman–Crippen MR) is 115 cm³/mol. The van der Waals surface area contributed by atoms with Gasteiger partial charge in [0.05, 0.1) is 16.6 Å². The van der Waals surface area contributed by atoms with E-state index in [0.717, 1.165) is 19.2 Å². The van der Waals surface area contributed by atoms with Gasteiger partial charge in [-0.15, -0.1) is 11.3 Å². The van der Waals surface area contributed by atoms with Gasteiger partial charge in [0.15, 0.2) is 0 Å². The molecular formula is C21H19F6N3O3S. The second kappa shape index (κ2) is 8.93. The molecule has 13 heteroatoms. The minimum atomic E-state index is -5.31. The lowest BCUT2D eigenvalue weighted by Crippen LogP contribution is -2.39. The van der Waals surface area contributed by atoms with E-state index < -0.39 is 47.2 Å². The first-order chi connectivity index (χ1) is 15.6. The first kappa shape index (κ1) is 25.5. The van der Waals surface area contributed by atoms with E-state index in [0.29, 0.717) is 15.9 Å². The Bertz CT molecular complexity index is 1370. The van der Waals surface area contributed by atoms with Crippen molar-refractivity contribution in [1.82, 2.24) is 9.13 Å². The van der Waals surface area contributed by atoms with E-state index in [9.17, 15) is 40.7 Å². The minimum Gasteiger partial charge on any atom is -0.316 e. The number of nitrogens with zero attached hydrogens (tertiary/aromatic N) is 2. The quantitative estimate of drug-likeness (QED) is 0.516. The van der Waals surface area contributed by atoms with Gasteiger partial charge >= 0.3 is 23.9 Å². The average molecular weight is 507 g/mol. The fourth-order valence-electron chi connectivity index (χ4n) is 3.47. The number of halogens is 6. The van der Waals surface area contributed by atoms with Crippen LogP contribution in [0.4, 0.5) is 32.0 Å². The lowest BCUT2D eigenvalue weighted by molar-refractivity contribution is -0.167. The maximum Gasteiger partial charge on any atom is 0.471 e. The lowest BCUT2D eigenvalue weighted by Gasteiger charge is -2.14. The fraction of sp³-hybridized carbons (Fsp3) is 0.381. The summed E-state index contributed by atoms with van der Waals surface area (Å²) in [5.74, 6) is -2.50. The van der Waals surface area contributed by atoms with E-state index in [1.807, 2.05) is 0 Å². The Labute approximate surface area is 192 Å². The monoisotopic (exact) mass is 507 g/mol. The Hall–Kier alpha value is -3.09. The summed E-state index contributed by atoms with van der Waals surface area (Å²) in [6.45, 7) is 3.63. The number of amides is 1. The SMILES string of the molecule is CC(C)Cn1c(=O)n(C)c(=O)c2c(NC(=O)C(F)(F)F)c(Cc3ccccc3C(F)(F)F)sc21. The molecule has 0 radical (unpaired) electrons. The molecule has 3 aromatic rings. The summed E-state index contributed by atoms with van der Waals surface area (Å²) in [5, 5.41) is 1.29. The number of hydrogen-bond acceptors (Lipinski definition) is 4. The van der Waals surface area contributed by atoms with Crippen molar-refractivity contribution >= 4 is 33.1 Å². The van der Waals surface area contributed by atoms with Gasteiger partial charge in [-0.1, -0.05) is 32.0 Å². The summed E-state index contributed by atoms with van der Waals surface area (Å²) in [6, 6.07) is 4.48. The van der Waals surface area contributed by atoms with E-state index >= 15 is 0 Å². The first-order valence-corrected chi connectivity index (χ1v) is 10.7. The third-order valence-corrected chi connectivity index (χ3v) is 6.17. The van der Waals surface area contributed by atoms with Crippen LogP contribution >= 0.6 is 11.3 Å². The van der Waals surface area contributed by atoms with Crippen LogP contribution in [0.3, 0.4) is 0 Å². The lowest BCUT2D eigenvalue weighted by atomic mass is 10.0. The van der Waals surface area contributed by atoms with E-state index in [1.54, 1.807) is 19.2 Å². The molecular weight excluding hydrogens is 488 g/mol. The third-order valence-electron chi connectivity index (χ3n) is 4.96. The van der Waals surface area contributed by atoms with Crippen molar-refractivity contribution in [2.75, 3.05) is 5.32 Å². The molecule has 0 bridgehead atoms. The summed E-state index contributed by atoms with van der Waals surface area (Å²) in [5.41, 5.74) is -3.53. The second-order valence-corrected chi connectivity index (χ2v) is 9.10. The number of nitrogens with one attached hydrogen (secondary N) is 1. The molecule has 0 aliphatic rings. The van der Waals surface area contributed by atoms with Crippen LogP contribution in [0.5, 0.6) is 0 Å². The summed E-state index contributed by atoms with van der Waals surface area (Å²) >= 11 is 0.697. The Morgan fingerprint density at radius 3 is 2.26 bits per heavy atom. The first-order valence-electron chi connectivity index (χ1n) is 9.91. The Kier molecular flexibility index (Phi) is 6.71. The molecule has 6 nitrogen and oxygen atoms in total. The molecule has 2 heterocycles. The fourth-order valence-corrected chi connectivity index (χ4v) is 4.74. The largest absolute Gasteiger partial charge is 0.471 e. The van der Waals surface area contributed by atoms with E-state index in [-0.39, 0.29) is 33.1 Å². The molecule has 3 rings (SSSR count). The molecule has 34 heavy (non-hydrogen) atoms. The minimum absolute atomic E-state index is 0.0289. The molecule has 0 saturated carbocycles. The zero-order chi connectivity index (χ0) is 25.6. The van der Waals surface area contributed by atoms with Gasteiger partial charge in [-0.3, -0.25) is 18.7 Å². The van der Waals surface area contributed by atoms with Gasteiger partial charge in [-0.05, 0) is 17.5 Å². The number of hydrogen-bond donors (Lipinski definition) is 1. The predicted octanol–water partition coefficient (Wildman–Crippen LogP) is 4.53. The zero-order valence-electron chi connectivity index (χ0n) is 18.1. The molecule has 0 atom stereocenters. The van der Waals surface area contributed by atoms with Crippen LogP contribution in [-0.2, 0) is 31.0 Å². The van der Waals surface area contributed by atoms with Crippen LogP contribution in [0.1, 0.15) is 29.9 Å². The average Bonchev–Trinajstić information content (AvgIpc) is 3.06. The molecule has 2 aromatic heterocycles. The normalized spacial score (nSPS) is 12.5. The molecule has 0 aliphatic heterocycles. The van der Waals surface area contributed by atoms with Crippen LogP contribution in [0.15, 0.2) is 33.9 Å². The van der Waals surface area contributed by atoms with Crippen LogP contribution in [0, 0.1) is 5.92 Å². The zero-order valence-corrected chi connectivity index (χ0v) is 18.9. The van der Waals surface area contributed by atoms with Gasteiger partial charge in [0, 0.05) is 24.9 Å². The molecule has 1 aromatic carbocycles. The molecule has 0 saturated heterocycles. The molecule has 1 amide bonds. The molecule has 1 N–H and O–H groups in total. The van der Waals surface area contributed by atoms with Gasteiger partial charge in [-0.2, -0.15) is 26.3 Å². The van der Waals surface area contributed by atoms with Gasteiger partial charge in [0.1, 0.15) is 4.83 Å². The molecule has 184 valence electrons. The highest BCUT2D eigenvalue weighted by Gasteiger charge is 2.40. The van der Waals surface area contributed by atoms with Gasteiger partial charge in [0.25, 0.3) is 5.56 Å². The van der Waals surface area contributed by atoms with E-state index in [2.05, 4.69) is 0 Å². The Morgan fingerprint density at radius 2 is 1.71 bits per heavy atom. The van der Waals surface area contributed by atoms with E-state index in [1.165, 1.54) is 16.7 Å². The third kappa shape index (κ3) is 4.88. The molecule has 0 spiro atoms. The van der Waals surface area contributed by atoms with Crippen molar-refractivity contribution < 1.29 is 31.1 Å². The van der Waals surface area contributed by atoms with E-state index in [4.69, 9.17) is 0 Å². The maximum atomic E-state index is 13.5. The van der Waals surface area contributed by atoms with Crippen molar-refractivity contribution in [3.05, 3.63) is 61.1 Å². The molecule has 0 unspecified atom stereocenters. The number of alkyl halides is 6. The summed E-state index contributed by atoms with van der Waals surface area (Å²) in [7, 11) is 1.13. The highest BCUT2D eigenvalue weighted by atomic mass is 32.1. The molecule has 0 aliphatic carbocycles. The van der Waals surface area contributed by atoms with Gasteiger partial charge < -0.3 is 5.32 Å². The number of rotatable bonds is 5. The summed E-state index contributed by atoms with van der Waals surface area (Å²) in [6.07, 6.45) is -10.6. The smallest absolute Gasteiger partial charge is 0.316 e. The van der Waals surface area contributed by atoms with Crippen LogP contribution in [0.2, 0.25) is 0 Å². The number of aromatic nitrogens is 2. The number of anilines is 1. The van der Waals surface area contributed by atoms with Gasteiger partial charge in [-0.25, -0.2) is 4.79 Å². The van der Waals surface area contributed by atoms with Gasteiger partial charge in [0.2, 0.25) is 0 Å². The summed E-state index contributed by atoms with van der Waals surface area (Å²) in [4.78, 5) is 37.2. The number of carbonyl (C=O) groups is 1. The van der Waals surface area contributed by atoms with Crippen molar-refractivity contribution in [2.24, 2.45) is 13.0 Å². The van der Waals surface area contributed by atoms with Crippen molar-refractivity contribution in [3.63, 3.8) is 0 Å². The number of thiophene rings is 1.